The van der Waals surface area contributed by atoms with Gasteiger partial charge in [-0.1, -0.05) is 0 Å². The minimum Gasteiger partial charge on any atom is -0.497 e. The van der Waals surface area contributed by atoms with Gasteiger partial charge in [-0.05, 0) is 37.6 Å². The van der Waals surface area contributed by atoms with Gasteiger partial charge in [-0.25, -0.2) is 13.4 Å². The first-order valence-corrected chi connectivity index (χ1v) is 9.88. The zero-order valence-electron chi connectivity index (χ0n) is 14.6. The van der Waals surface area contributed by atoms with Gasteiger partial charge in [0.1, 0.15) is 11.6 Å². The van der Waals surface area contributed by atoms with Crippen LogP contribution in [0.5, 0.6) is 5.75 Å². The molecular weight excluding hydrogens is 340 g/mol. The van der Waals surface area contributed by atoms with Crippen molar-refractivity contribution in [3.8, 4) is 5.75 Å². The van der Waals surface area contributed by atoms with E-state index < -0.39 is 9.84 Å². The quantitative estimate of drug-likeness (QED) is 0.872. The molecule has 0 aliphatic carbocycles. The first-order valence-electron chi connectivity index (χ1n) is 8.06. The van der Waals surface area contributed by atoms with Crippen LogP contribution in [0.4, 0.5) is 17.5 Å². The monoisotopic (exact) mass is 362 g/mol. The van der Waals surface area contributed by atoms with Crippen molar-refractivity contribution >= 4 is 27.3 Å². The molecule has 134 valence electrons. The third-order valence-corrected chi connectivity index (χ3v) is 6.03. The highest BCUT2D eigenvalue weighted by atomic mass is 32.2. The molecule has 0 saturated carbocycles. The number of rotatable bonds is 5. The number of nitrogens with zero attached hydrogens (tertiary/aromatic N) is 3. The first-order chi connectivity index (χ1) is 11.9. The number of sulfone groups is 1. The highest BCUT2D eigenvalue weighted by Crippen LogP contribution is 2.24. The zero-order valence-corrected chi connectivity index (χ0v) is 15.4. The number of nitrogens with one attached hydrogen (secondary N) is 1. The topological polar surface area (TPSA) is 84.4 Å². The van der Waals surface area contributed by atoms with Gasteiger partial charge >= 0.3 is 0 Å². The summed E-state index contributed by atoms with van der Waals surface area (Å²) in [5.41, 5.74) is 1.70. The molecule has 1 aliphatic heterocycles. The van der Waals surface area contributed by atoms with Crippen molar-refractivity contribution in [2.45, 2.75) is 19.4 Å². The number of hydrogen-bond donors (Lipinski definition) is 1. The molecule has 1 saturated heterocycles. The lowest BCUT2D eigenvalue weighted by molar-refractivity contribution is 0.415. The number of benzene rings is 1. The summed E-state index contributed by atoms with van der Waals surface area (Å²) < 4.78 is 28.6. The molecule has 1 N–H and O–H groups in total. The third-order valence-electron chi connectivity index (χ3n) is 4.28. The molecule has 25 heavy (non-hydrogen) atoms. The Hall–Kier alpha value is -2.35. The van der Waals surface area contributed by atoms with E-state index in [0.717, 1.165) is 17.1 Å². The average Bonchev–Trinajstić information content (AvgIpc) is 2.94. The molecule has 3 rings (SSSR count). The van der Waals surface area contributed by atoms with E-state index in [4.69, 9.17) is 4.74 Å². The molecule has 1 fully saturated rings. The van der Waals surface area contributed by atoms with Crippen molar-refractivity contribution in [3.63, 3.8) is 0 Å². The van der Waals surface area contributed by atoms with Crippen molar-refractivity contribution < 1.29 is 13.2 Å². The van der Waals surface area contributed by atoms with Crippen LogP contribution in [0.2, 0.25) is 0 Å². The average molecular weight is 362 g/mol. The SMILES string of the molecule is COc1ccc(Nc2cc(C)nc(N(C)C3CCS(=O)(=O)C3)n2)cc1. The summed E-state index contributed by atoms with van der Waals surface area (Å²) in [6.07, 6.45) is 0.609. The smallest absolute Gasteiger partial charge is 0.227 e. The van der Waals surface area contributed by atoms with Crippen LogP contribution in [-0.2, 0) is 9.84 Å². The molecule has 1 aromatic carbocycles. The Morgan fingerprint density at radius 3 is 2.56 bits per heavy atom. The van der Waals surface area contributed by atoms with Crippen LogP contribution in [0.15, 0.2) is 30.3 Å². The van der Waals surface area contributed by atoms with Crippen LogP contribution in [0.25, 0.3) is 0 Å². The van der Waals surface area contributed by atoms with Crippen molar-refractivity contribution in [2.75, 3.05) is 35.9 Å². The van der Waals surface area contributed by atoms with E-state index >= 15 is 0 Å². The summed E-state index contributed by atoms with van der Waals surface area (Å²) in [6, 6.07) is 9.32. The normalized spacial score (nSPS) is 18.8. The van der Waals surface area contributed by atoms with Gasteiger partial charge in [0, 0.05) is 30.5 Å². The van der Waals surface area contributed by atoms with E-state index in [-0.39, 0.29) is 17.5 Å². The predicted molar refractivity (Wildman–Crippen MR) is 98.5 cm³/mol. The van der Waals surface area contributed by atoms with Gasteiger partial charge in [0.2, 0.25) is 5.95 Å². The fourth-order valence-electron chi connectivity index (χ4n) is 2.84. The van der Waals surface area contributed by atoms with Gasteiger partial charge in [-0.15, -0.1) is 0 Å². The molecule has 7 nitrogen and oxygen atoms in total. The highest BCUT2D eigenvalue weighted by molar-refractivity contribution is 7.91. The van der Waals surface area contributed by atoms with Gasteiger partial charge in [0.25, 0.3) is 0 Å². The minimum absolute atomic E-state index is 0.0827. The summed E-state index contributed by atoms with van der Waals surface area (Å²) in [4.78, 5) is 10.9. The largest absolute Gasteiger partial charge is 0.497 e. The van der Waals surface area contributed by atoms with Crippen LogP contribution in [-0.4, -0.2) is 50.1 Å². The molecule has 1 aromatic heterocycles. The maximum absolute atomic E-state index is 11.7. The van der Waals surface area contributed by atoms with Crippen molar-refractivity contribution in [1.29, 1.82) is 0 Å². The fraction of sp³-hybridized carbons (Fsp3) is 0.412. The zero-order chi connectivity index (χ0) is 18.0. The number of hydrogen-bond acceptors (Lipinski definition) is 7. The summed E-state index contributed by atoms with van der Waals surface area (Å²) >= 11 is 0. The summed E-state index contributed by atoms with van der Waals surface area (Å²) in [7, 11) is 0.523. The molecule has 0 bridgehead atoms. The minimum atomic E-state index is -2.95. The number of aryl methyl sites for hydroxylation is 1. The Bertz CT molecular complexity index is 853. The predicted octanol–water partition coefficient (Wildman–Crippen LogP) is 2.16. The van der Waals surface area contributed by atoms with E-state index in [1.807, 2.05) is 49.2 Å². The third kappa shape index (κ3) is 4.19. The lowest BCUT2D eigenvalue weighted by atomic mass is 10.2. The molecule has 1 unspecified atom stereocenters. The molecule has 1 aliphatic rings. The van der Waals surface area contributed by atoms with Gasteiger partial charge in [0.05, 0.1) is 18.6 Å². The van der Waals surface area contributed by atoms with Gasteiger partial charge in [-0.2, -0.15) is 4.98 Å². The Kier molecular flexibility index (Phi) is 4.80. The Morgan fingerprint density at radius 2 is 1.96 bits per heavy atom. The van der Waals surface area contributed by atoms with Crippen molar-refractivity contribution in [2.24, 2.45) is 0 Å². The Morgan fingerprint density at radius 1 is 1.24 bits per heavy atom. The second-order valence-corrected chi connectivity index (χ2v) is 8.44. The van der Waals surface area contributed by atoms with Crippen LogP contribution in [0.1, 0.15) is 12.1 Å². The van der Waals surface area contributed by atoms with E-state index in [2.05, 4.69) is 15.3 Å². The maximum Gasteiger partial charge on any atom is 0.227 e. The van der Waals surface area contributed by atoms with E-state index in [0.29, 0.717) is 18.2 Å². The number of methoxy groups -OCH3 is 1. The highest BCUT2D eigenvalue weighted by Gasteiger charge is 2.31. The summed E-state index contributed by atoms with van der Waals surface area (Å²) in [5, 5.41) is 3.25. The first kappa shape index (κ1) is 17.5. The second-order valence-electron chi connectivity index (χ2n) is 6.22. The maximum atomic E-state index is 11.7. The van der Waals surface area contributed by atoms with Crippen LogP contribution >= 0.6 is 0 Å². The van der Waals surface area contributed by atoms with E-state index in [1.165, 1.54) is 0 Å². The van der Waals surface area contributed by atoms with Crippen molar-refractivity contribution in [3.05, 3.63) is 36.0 Å². The number of aromatic nitrogens is 2. The lowest BCUT2D eigenvalue weighted by Gasteiger charge is -2.24. The Labute approximate surface area is 148 Å². The molecule has 0 amide bonds. The molecule has 2 aromatic rings. The van der Waals surface area contributed by atoms with Gasteiger partial charge in [-0.3, -0.25) is 0 Å². The molecular formula is C17H22N4O3S. The molecule has 0 radical (unpaired) electrons. The summed E-state index contributed by atoms with van der Waals surface area (Å²) in [5.74, 6) is 2.36. The lowest BCUT2D eigenvalue weighted by Crippen LogP contribution is -2.34. The molecule has 8 heteroatoms. The van der Waals surface area contributed by atoms with E-state index in [9.17, 15) is 8.42 Å². The van der Waals surface area contributed by atoms with Crippen LogP contribution < -0.4 is 15.0 Å². The number of anilines is 3. The molecule has 0 spiro atoms. The van der Waals surface area contributed by atoms with Crippen molar-refractivity contribution in [1.82, 2.24) is 9.97 Å². The fourth-order valence-corrected chi connectivity index (χ4v) is 4.62. The van der Waals surface area contributed by atoms with E-state index in [1.54, 1.807) is 7.11 Å². The molecule has 2 heterocycles. The standard InChI is InChI=1S/C17H22N4O3S/c1-12-10-16(19-13-4-6-15(24-3)7-5-13)20-17(18-12)21(2)14-8-9-25(22,23)11-14/h4-7,10,14H,8-9,11H2,1-3H3,(H,18,19,20). The van der Waals surface area contributed by atoms with Gasteiger partial charge in [0.15, 0.2) is 9.84 Å². The molecule has 1 atom stereocenters. The Balaban J connectivity index is 1.80. The second kappa shape index (κ2) is 6.87. The van der Waals surface area contributed by atoms with Crippen LogP contribution in [0, 0.1) is 6.92 Å². The van der Waals surface area contributed by atoms with Crippen LogP contribution in [0.3, 0.4) is 0 Å². The van der Waals surface area contributed by atoms with Gasteiger partial charge < -0.3 is 15.0 Å². The summed E-state index contributed by atoms with van der Waals surface area (Å²) in [6.45, 7) is 1.89. The number of ether oxygens (including phenoxy) is 1.